The highest BCUT2D eigenvalue weighted by Gasteiger charge is 2.30. The van der Waals surface area contributed by atoms with E-state index in [1.54, 1.807) is 9.80 Å². The van der Waals surface area contributed by atoms with Crippen molar-refractivity contribution >= 4 is 23.7 Å². The third-order valence-corrected chi connectivity index (χ3v) is 3.95. The summed E-state index contributed by atoms with van der Waals surface area (Å²) in [6, 6.07) is 17.4. The molecule has 2 aromatic rings. The minimum absolute atomic E-state index is 0.0423. The molecule has 0 saturated heterocycles. The average molecular weight is 294 g/mol. The van der Waals surface area contributed by atoms with Gasteiger partial charge in [-0.2, -0.15) is 0 Å². The van der Waals surface area contributed by atoms with Crippen LogP contribution >= 0.6 is 0 Å². The molecule has 0 saturated carbocycles. The molecule has 1 unspecified atom stereocenters. The first-order valence-corrected chi connectivity index (χ1v) is 7.37. The van der Waals surface area contributed by atoms with Crippen molar-refractivity contribution in [1.29, 1.82) is 0 Å². The van der Waals surface area contributed by atoms with E-state index in [0.717, 1.165) is 23.3 Å². The van der Waals surface area contributed by atoms with Crippen LogP contribution in [0.3, 0.4) is 0 Å². The second-order valence-electron chi connectivity index (χ2n) is 5.56. The van der Waals surface area contributed by atoms with Gasteiger partial charge in [-0.15, -0.1) is 0 Å². The van der Waals surface area contributed by atoms with Crippen molar-refractivity contribution in [1.82, 2.24) is 0 Å². The topological polar surface area (TPSA) is 40.6 Å². The second-order valence-corrected chi connectivity index (χ2v) is 5.56. The second kappa shape index (κ2) is 6.02. The number of para-hydroxylation sites is 2. The summed E-state index contributed by atoms with van der Waals surface area (Å²) in [5.74, 6) is -0.193. The van der Waals surface area contributed by atoms with Crippen molar-refractivity contribution in [2.45, 2.75) is 13.5 Å². The molecule has 0 aliphatic carbocycles. The highest BCUT2D eigenvalue weighted by Crippen LogP contribution is 2.34. The molecule has 1 atom stereocenters. The van der Waals surface area contributed by atoms with Crippen LogP contribution in [0, 0.1) is 5.92 Å². The fourth-order valence-corrected chi connectivity index (χ4v) is 2.82. The van der Waals surface area contributed by atoms with E-state index in [0.29, 0.717) is 13.1 Å². The van der Waals surface area contributed by atoms with Crippen LogP contribution in [-0.4, -0.2) is 18.9 Å². The zero-order valence-electron chi connectivity index (χ0n) is 12.5. The molecule has 1 aliphatic rings. The fraction of sp³-hybridized carbons (Fsp3) is 0.222. The van der Waals surface area contributed by atoms with Crippen molar-refractivity contribution in [3.63, 3.8) is 0 Å². The maximum atomic E-state index is 12.8. The van der Waals surface area contributed by atoms with Gasteiger partial charge in [0, 0.05) is 6.54 Å². The maximum absolute atomic E-state index is 12.8. The lowest BCUT2D eigenvalue weighted by Gasteiger charge is -2.24. The van der Waals surface area contributed by atoms with Crippen molar-refractivity contribution in [2.75, 3.05) is 16.3 Å². The minimum Gasteiger partial charge on any atom is -0.312 e. The Morgan fingerprint density at radius 2 is 1.68 bits per heavy atom. The lowest BCUT2D eigenvalue weighted by Crippen LogP contribution is -2.36. The predicted molar refractivity (Wildman–Crippen MR) is 86.6 cm³/mol. The summed E-state index contributed by atoms with van der Waals surface area (Å²) < 4.78 is 0. The van der Waals surface area contributed by atoms with Crippen molar-refractivity contribution in [2.24, 2.45) is 5.92 Å². The van der Waals surface area contributed by atoms with E-state index in [9.17, 15) is 9.59 Å². The first kappa shape index (κ1) is 14.3. The number of nitrogens with zero attached hydrogens (tertiary/aromatic N) is 2. The number of amides is 2. The number of hydrogen-bond donors (Lipinski definition) is 0. The monoisotopic (exact) mass is 294 g/mol. The van der Waals surface area contributed by atoms with Crippen LogP contribution in [0.25, 0.3) is 0 Å². The van der Waals surface area contributed by atoms with Crippen LogP contribution in [0.1, 0.15) is 12.5 Å². The summed E-state index contributed by atoms with van der Waals surface area (Å²) in [6.07, 6.45) is 0.800. The Hall–Kier alpha value is -2.62. The Balaban J connectivity index is 2.05. The normalized spacial score (nSPS) is 17.9. The van der Waals surface area contributed by atoms with Crippen molar-refractivity contribution < 1.29 is 9.59 Å². The van der Waals surface area contributed by atoms with Crippen LogP contribution in [0.15, 0.2) is 54.6 Å². The highest BCUT2D eigenvalue weighted by atomic mass is 16.2. The van der Waals surface area contributed by atoms with Crippen LogP contribution in [0.4, 0.5) is 11.4 Å². The van der Waals surface area contributed by atoms with Crippen molar-refractivity contribution in [3.05, 3.63) is 60.2 Å². The van der Waals surface area contributed by atoms with Gasteiger partial charge in [0.15, 0.2) is 0 Å². The molecular formula is C18H18N2O2. The fourth-order valence-electron chi connectivity index (χ4n) is 2.82. The molecule has 0 fully saturated rings. The van der Waals surface area contributed by atoms with Crippen LogP contribution < -0.4 is 9.80 Å². The van der Waals surface area contributed by atoms with Gasteiger partial charge in [0.2, 0.25) is 12.3 Å². The smallest absolute Gasteiger partial charge is 0.231 e. The van der Waals surface area contributed by atoms with E-state index in [1.165, 1.54) is 0 Å². The van der Waals surface area contributed by atoms with Gasteiger partial charge in [0.05, 0.1) is 23.8 Å². The molecule has 1 aliphatic heterocycles. The molecule has 2 amide bonds. The van der Waals surface area contributed by atoms with E-state index < -0.39 is 0 Å². The zero-order chi connectivity index (χ0) is 15.5. The molecule has 4 heteroatoms. The summed E-state index contributed by atoms with van der Waals surface area (Å²) in [7, 11) is 0. The van der Waals surface area contributed by atoms with Crippen LogP contribution in [0.5, 0.6) is 0 Å². The lowest BCUT2D eigenvalue weighted by molar-refractivity contribution is -0.121. The van der Waals surface area contributed by atoms with Gasteiger partial charge < -0.3 is 9.80 Å². The molecule has 1 heterocycles. The van der Waals surface area contributed by atoms with Gasteiger partial charge in [0.1, 0.15) is 0 Å². The van der Waals surface area contributed by atoms with Gasteiger partial charge in [-0.25, -0.2) is 0 Å². The number of carbonyl (C=O) groups excluding carboxylic acids is 2. The number of benzene rings is 2. The van der Waals surface area contributed by atoms with E-state index in [2.05, 4.69) is 0 Å². The Morgan fingerprint density at radius 1 is 1.05 bits per heavy atom. The molecule has 2 aromatic carbocycles. The average Bonchev–Trinajstić information content (AvgIpc) is 2.66. The lowest BCUT2D eigenvalue weighted by atomic mass is 10.1. The number of anilines is 2. The largest absolute Gasteiger partial charge is 0.312 e. The van der Waals surface area contributed by atoms with Gasteiger partial charge in [-0.05, 0) is 17.7 Å². The van der Waals surface area contributed by atoms with E-state index in [1.807, 2.05) is 61.5 Å². The van der Waals surface area contributed by atoms with Crippen molar-refractivity contribution in [3.8, 4) is 0 Å². The highest BCUT2D eigenvalue weighted by molar-refractivity contribution is 6.02. The first-order valence-electron chi connectivity index (χ1n) is 7.37. The van der Waals surface area contributed by atoms with Gasteiger partial charge in [-0.1, -0.05) is 49.4 Å². The van der Waals surface area contributed by atoms with Crippen LogP contribution in [0.2, 0.25) is 0 Å². The Bertz CT molecular complexity index is 684. The SMILES string of the molecule is CC1CN(C=O)c2ccccc2N(Cc2ccccc2)C1=O. The Labute approximate surface area is 130 Å². The Morgan fingerprint density at radius 3 is 2.36 bits per heavy atom. The van der Waals surface area contributed by atoms with E-state index in [-0.39, 0.29) is 11.8 Å². The minimum atomic E-state index is -0.235. The standard InChI is InChI=1S/C18H18N2O2/c1-14-11-19(13-21)16-9-5-6-10-17(16)20(18(14)22)12-15-7-3-2-4-8-15/h2-10,13-14H,11-12H2,1H3. The number of rotatable bonds is 3. The van der Waals surface area contributed by atoms with Gasteiger partial charge >= 0.3 is 0 Å². The molecule has 4 nitrogen and oxygen atoms in total. The molecule has 0 N–H and O–H groups in total. The summed E-state index contributed by atoms with van der Waals surface area (Å²) >= 11 is 0. The molecule has 3 rings (SSSR count). The molecule has 22 heavy (non-hydrogen) atoms. The summed E-state index contributed by atoms with van der Waals surface area (Å²) in [6.45, 7) is 2.78. The van der Waals surface area contributed by atoms with E-state index >= 15 is 0 Å². The number of fused-ring (bicyclic) bond motifs is 1. The predicted octanol–water partition coefficient (Wildman–Crippen LogP) is 2.83. The number of hydrogen-bond acceptors (Lipinski definition) is 2. The number of carbonyl (C=O) groups is 2. The molecule has 0 aromatic heterocycles. The van der Waals surface area contributed by atoms with Crippen LogP contribution in [-0.2, 0) is 16.1 Å². The van der Waals surface area contributed by atoms with Gasteiger partial charge in [0.25, 0.3) is 0 Å². The summed E-state index contributed by atoms with van der Waals surface area (Å²) in [5.41, 5.74) is 2.64. The van der Waals surface area contributed by atoms with Gasteiger partial charge in [-0.3, -0.25) is 9.59 Å². The summed E-state index contributed by atoms with van der Waals surface area (Å²) in [5, 5.41) is 0. The quantitative estimate of drug-likeness (QED) is 0.817. The van der Waals surface area contributed by atoms with E-state index in [4.69, 9.17) is 0 Å². The molecule has 112 valence electrons. The Kier molecular flexibility index (Phi) is 3.92. The third kappa shape index (κ3) is 2.60. The molecule has 0 bridgehead atoms. The summed E-state index contributed by atoms with van der Waals surface area (Å²) in [4.78, 5) is 27.5. The third-order valence-electron chi connectivity index (χ3n) is 3.95. The molecular weight excluding hydrogens is 276 g/mol. The zero-order valence-corrected chi connectivity index (χ0v) is 12.5. The maximum Gasteiger partial charge on any atom is 0.231 e. The first-order chi connectivity index (χ1) is 10.7. The molecule has 0 radical (unpaired) electrons. The molecule has 0 spiro atoms.